The molecule has 0 atom stereocenters. The Bertz CT molecular complexity index is 755. The number of ether oxygens (including phenoxy) is 2. The number of phenolic OH excluding ortho intramolecular Hbond substituents is 1. The van der Waals surface area contributed by atoms with Gasteiger partial charge in [-0.15, -0.1) is 0 Å². The molecule has 0 aromatic heterocycles. The van der Waals surface area contributed by atoms with E-state index < -0.39 is 5.97 Å². The summed E-state index contributed by atoms with van der Waals surface area (Å²) in [7, 11) is 1.49. The number of hydrogen-bond donors (Lipinski definition) is 1. The molecule has 1 N–H and O–H groups in total. The smallest absolute Gasteiger partial charge is 0.342 e. The van der Waals surface area contributed by atoms with Crippen LogP contribution in [0, 0.1) is 0 Å². The summed E-state index contributed by atoms with van der Waals surface area (Å²) in [5.74, 6) is -0.555. The Kier molecular flexibility index (Phi) is 5.24. The standard InChI is InChI=1S/C17H15ClO5/c1-10(19)11-3-6-16(22-2)12(7-11)9-23-17(21)14-5-4-13(18)8-15(14)20/h3-8,20H,9H2,1-2H3. The second kappa shape index (κ2) is 7.15. The summed E-state index contributed by atoms with van der Waals surface area (Å²) in [6.07, 6.45) is 0. The minimum atomic E-state index is -0.700. The molecule has 6 heteroatoms. The molecule has 0 heterocycles. The lowest BCUT2D eigenvalue weighted by Crippen LogP contribution is -2.07. The topological polar surface area (TPSA) is 72.8 Å². The SMILES string of the molecule is COc1ccc(C(C)=O)cc1COC(=O)c1ccc(Cl)cc1O. The molecular weight excluding hydrogens is 320 g/mol. The van der Waals surface area contributed by atoms with Crippen molar-refractivity contribution in [2.45, 2.75) is 13.5 Å². The van der Waals surface area contributed by atoms with Gasteiger partial charge in [-0.3, -0.25) is 4.79 Å². The summed E-state index contributed by atoms with van der Waals surface area (Å²) >= 11 is 5.72. The number of aromatic hydroxyl groups is 1. The number of phenols is 1. The molecular formula is C17H15ClO5. The number of hydrogen-bond acceptors (Lipinski definition) is 5. The van der Waals surface area contributed by atoms with Crippen molar-refractivity contribution in [2.75, 3.05) is 7.11 Å². The molecule has 0 fully saturated rings. The van der Waals surface area contributed by atoms with Crippen LogP contribution >= 0.6 is 11.6 Å². The summed E-state index contributed by atoms with van der Waals surface area (Å²) in [6.45, 7) is 1.36. The van der Waals surface area contributed by atoms with Gasteiger partial charge in [-0.25, -0.2) is 4.79 Å². The molecule has 0 aliphatic carbocycles. The molecule has 0 spiro atoms. The Hall–Kier alpha value is -2.53. The third kappa shape index (κ3) is 4.02. The maximum absolute atomic E-state index is 12.0. The molecule has 0 unspecified atom stereocenters. The second-order valence-electron chi connectivity index (χ2n) is 4.82. The zero-order valence-corrected chi connectivity index (χ0v) is 13.4. The van der Waals surface area contributed by atoms with Crippen molar-refractivity contribution >= 4 is 23.4 Å². The van der Waals surface area contributed by atoms with Crippen LogP contribution in [0.3, 0.4) is 0 Å². The number of benzene rings is 2. The van der Waals surface area contributed by atoms with Gasteiger partial charge < -0.3 is 14.6 Å². The van der Waals surface area contributed by atoms with Crippen molar-refractivity contribution in [3.8, 4) is 11.5 Å². The highest BCUT2D eigenvalue weighted by Gasteiger charge is 2.15. The van der Waals surface area contributed by atoms with E-state index in [9.17, 15) is 14.7 Å². The average Bonchev–Trinajstić information content (AvgIpc) is 2.52. The van der Waals surface area contributed by atoms with E-state index in [1.165, 1.54) is 32.2 Å². The number of ketones is 1. The van der Waals surface area contributed by atoms with Gasteiger partial charge in [-0.05, 0) is 43.3 Å². The Labute approximate surface area is 138 Å². The molecule has 2 aromatic rings. The normalized spacial score (nSPS) is 10.2. The third-order valence-electron chi connectivity index (χ3n) is 3.23. The van der Waals surface area contributed by atoms with Crippen LogP contribution in [0.2, 0.25) is 5.02 Å². The van der Waals surface area contributed by atoms with Crippen LogP contribution in [0.15, 0.2) is 36.4 Å². The molecule has 0 aliphatic rings. The first-order chi connectivity index (χ1) is 10.9. The lowest BCUT2D eigenvalue weighted by atomic mass is 10.1. The van der Waals surface area contributed by atoms with Gasteiger partial charge >= 0.3 is 5.97 Å². The van der Waals surface area contributed by atoms with Crippen molar-refractivity contribution in [3.05, 3.63) is 58.1 Å². The monoisotopic (exact) mass is 334 g/mol. The molecule has 5 nitrogen and oxygen atoms in total. The average molecular weight is 335 g/mol. The molecule has 0 saturated heterocycles. The lowest BCUT2D eigenvalue weighted by molar-refractivity contribution is 0.0467. The molecule has 0 amide bonds. The van der Waals surface area contributed by atoms with Gasteiger partial charge in [0.1, 0.15) is 23.7 Å². The van der Waals surface area contributed by atoms with Gasteiger partial charge in [0.05, 0.1) is 7.11 Å². The number of carbonyl (C=O) groups excluding carboxylic acids is 2. The van der Waals surface area contributed by atoms with Gasteiger partial charge in [0, 0.05) is 16.1 Å². The van der Waals surface area contributed by atoms with Gasteiger partial charge in [-0.1, -0.05) is 11.6 Å². The fourth-order valence-electron chi connectivity index (χ4n) is 2.01. The molecule has 0 aliphatic heterocycles. The van der Waals surface area contributed by atoms with E-state index in [1.807, 2.05) is 0 Å². The van der Waals surface area contributed by atoms with E-state index in [0.717, 1.165) is 0 Å². The Morgan fingerprint density at radius 2 is 1.91 bits per heavy atom. The highest BCUT2D eigenvalue weighted by Crippen LogP contribution is 2.25. The summed E-state index contributed by atoms with van der Waals surface area (Å²) < 4.78 is 10.4. The van der Waals surface area contributed by atoms with Crippen molar-refractivity contribution in [1.82, 2.24) is 0 Å². The van der Waals surface area contributed by atoms with Gasteiger partial charge in [0.25, 0.3) is 0 Å². The van der Waals surface area contributed by atoms with Gasteiger partial charge in [0.15, 0.2) is 5.78 Å². The molecule has 2 aromatic carbocycles. The van der Waals surface area contributed by atoms with Crippen molar-refractivity contribution in [2.24, 2.45) is 0 Å². The van der Waals surface area contributed by atoms with Crippen LogP contribution in [0.25, 0.3) is 0 Å². The van der Waals surface area contributed by atoms with E-state index in [2.05, 4.69) is 0 Å². The minimum absolute atomic E-state index is 0.0103. The first-order valence-corrected chi connectivity index (χ1v) is 7.13. The number of halogens is 1. The predicted molar refractivity (Wildman–Crippen MR) is 85.2 cm³/mol. The number of methoxy groups -OCH3 is 1. The van der Waals surface area contributed by atoms with Crippen LogP contribution in [0.1, 0.15) is 33.2 Å². The maximum atomic E-state index is 12.0. The second-order valence-corrected chi connectivity index (χ2v) is 5.26. The molecule has 0 bridgehead atoms. The van der Waals surface area contributed by atoms with E-state index in [-0.39, 0.29) is 23.7 Å². The summed E-state index contributed by atoms with van der Waals surface area (Å²) in [6, 6.07) is 9.00. The van der Waals surface area contributed by atoms with Crippen LogP contribution in [0.4, 0.5) is 0 Å². The Morgan fingerprint density at radius 1 is 1.17 bits per heavy atom. The van der Waals surface area contributed by atoms with Gasteiger partial charge in [-0.2, -0.15) is 0 Å². The summed E-state index contributed by atoms with van der Waals surface area (Å²) in [4.78, 5) is 23.5. The highest BCUT2D eigenvalue weighted by molar-refractivity contribution is 6.30. The zero-order valence-electron chi connectivity index (χ0n) is 12.6. The quantitative estimate of drug-likeness (QED) is 0.668. The largest absolute Gasteiger partial charge is 0.507 e. The van der Waals surface area contributed by atoms with Crippen LogP contribution in [-0.4, -0.2) is 24.0 Å². The van der Waals surface area contributed by atoms with E-state index in [4.69, 9.17) is 21.1 Å². The summed E-state index contributed by atoms with van der Waals surface area (Å²) in [5, 5.41) is 10.0. The highest BCUT2D eigenvalue weighted by atomic mass is 35.5. The van der Waals surface area contributed by atoms with Gasteiger partial charge in [0.2, 0.25) is 0 Å². The zero-order chi connectivity index (χ0) is 17.0. The summed E-state index contributed by atoms with van der Waals surface area (Å²) in [5.41, 5.74) is 1.06. The number of esters is 1. The maximum Gasteiger partial charge on any atom is 0.342 e. The Morgan fingerprint density at radius 3 is 2.52 bits per heavy atom. The van der Waals surface area contributed by atoms with Crippen LogP contribution in [0.5, 0.6) is 11.5 Å². The first-order valence-electron chi connectivity index (χ1n) is 6.76. The lowest BCUT2D eigenvalue weighted by Gasteiger charge is -2.11. The minimum Gasteiger partial charge on any atom is -0.507 e. The van der Waals surface area contributed by atoms with Crippen molar-refractivity contribution in [3.63, 3.8) is 0 Å². The molecule has 23 heavy (non-hydrogen) atoms. The molecule has 120 valence electrons. The molecule has 2 rings (SSSR count). The van der Waals surface area contributed by atoms with E-state index >= 15 is 0 Å². The van der Waals surface area contributed by atoms with E-state index in [0.29, 0.717) is 21.9 Å². The van der Waals surface area contributed by atoms with E-state index in [1.54, 1.807) is 18.2 Å². The number of rotatable bonds is 5. The predicted octanol–water partition coefficient (Wildman–Crippen LogP) is 3.61. The van der Waals surface area contributed by atoms with Crippen LogP contribution in [-0.2, 0) is 11.3 Å². The fourth-order valence-corrected chi connectivity index (χ4v) is 2.18. The number of carbonyl (C=O) groups is 2. The third-order valence-corrected chi connectivity index (χ3v) is 3.46. The Balaban J connectivity index is 2.18. The van der Waals surface area contributed by atoms with Crippen molar-refractivity contribution < 1.29 is 24.2 Å². The number of Topliss-reactive ketones (excluding diaryl/α,β-unsaturated/α-hetero) is 1. The molecule has 0 radical (unpaired) electrons. The van der Waals surface area contributed by atoms with Crippen LogP contribution < -0.4 is 4.74 Å². The molecule has 0 saturated carbocycles. The first kappa shape index (κ1) is 16.8. The fraction of sp³-hybridized carbons (Fsp3) is 0.176. The van der Waals surface area contributed by atoms with Crippen molar-refractivity contribution in [1.29, 1.82) is 0 Å².